The second kappa shape index (κ2) is 14.4. The van der Waals surface area contributed by atoms with Gasteiger partial charge in [-0.3, -0.25) is 0 Å². The van der Waals surface area contributed by atoms with Crippen LogP contribution in [-0.4, -0.2) is 44.9 Å². The number of hydrogen-bond acceptors (Lipinski definition) is 3. The van der Waals surface area contributed by atoms with Gasteiger partial charge in [-0.1, -0.05) is 52.8 Å². The lowest BCUT2D eigenvalue weighted by Gasteiger charge is -2.33. The van der Waals surface area contributed by atoms with Crippen LogP contribution in [0.4, 0.5) is 0 Å². The molecule has 0 heterocycles. The molecule has 3 rings (SSSR count). The molecule has 0 atom stereocenters. The SMILES string of the molecule is CC(C)(C)CC(C)(C)c1ccc(OCCOCC[N+](C)(C)Cc2ccc(OCc3ccc(Br)c(Br)c3)cc2)cc1. The molecule has 0 amide bonds. The monoisotopic (exact) mass is 674 g/mol. The summed E-state index contributed by atoms with van der Waals surface area (Å²) in [6.07, 6.45) is 1.13. The Balaban J connectivity index is 1.34. The van der Waals surface area contributed by atoms with Crippen molar-refractivity contribution in [3.63, 3.8) is 0 Å². The van der Waals surface area contributed by atoms with Crippen molar-refractivity contribution in [2.24, 2.45) is 5.41 Å². The fourth-order valence-corrected chi connectivity index (χ4v) is 5.80. The van der Waals surface area contributed by atoms with Crippen molar-refractivity contribution in [2.75, 3.05) is 40.5 Å². The van der Waals surface area contributed by atoms with Gasteiger partial charge in [0.2, 0.25) is 0 Å². The minimum Gasteiger partial charge on any atom is -0.491 e. The Labute approximate surface area is 258 Å². The van der Waals surface area contributed by atoms with Crippen LogP contribution in [0, 0.1) is 5.41 Å². The van der Waals surface area contributed by atoms with Crippen LogP contribution in [0.3, 0.4) is 0 Å². The van der Waals surface area contributed by atoms with E-state index in [4.69, 9.17) is 14.2 Å². The summed E-state index contributed by atoms with van der Waals surface area (Å²) in [4.78, 5) is 0. The molecule has 0 aromatic heterocycles. The summed E-state index contributed by atoms with van der Waals surface area (Å²) in [5.41, 5.74) is 4.18. The van der Waals surface area contributed by atoms with E-state index in [2.05, 4.69) is 141 Å². The highest BCUT2D eigenvalue weighted by molar-refractivity contribution is 9.13. The number of rotatable bonds is 14. The first kappa shape index (κ1) is 32.7. The molecule has 0 saturated carbocycles. The highest BCUT2D eigenvalue weighted by Gasteiger charge is 2.27. The van der Waals surface area contributed by atoms with Gasteiger partial charge >= 0.3 is 0 Å². The quantitative estimate of drug-likeness (QED) is 0.126. The van der Waals surface area contributed by atoms with E-state index in [9.17, 15) is 0 Å². The molecule has 0 unspecified atom stereocenters. The minimum atomic E-state index is 0.138. The van der Waals surface area contributed by atoms with Gasteiger partial charge in [0.25, 0.3) is 0 Å². The van der Waals surface area contributed by atoms with Crippen molar-refractivity contribution in [3.05, 3.63) is 92.4 Å². The van der Waals surface area contributed by atoms with E-state index >= 15 is 0 Å². The minimum absolute atomic E-state index is 0.138. The largest absolute Gasteiger partial charge is 0.491 e. The van der Waals surface area contributed by atoms with Crippen LogP contribution in [0.5, 0.6) is 11.5 Å². The number of likely N-dealkylation sites (N-methyl/N-ethyl adjacent to an activating group) is 1. The first-order valence-corrected chi connectivity index (χ1v) is 15.6. The van der Waals surface area contributed by atoms with Gasteiger partial charge in [0.05, 0.1) is 27.3 Å². The van der Waals surface area contributed by atoms with Crippen LogP contribution < -0.4 is 9.47 Å². The molecule has 0 N–H and O–H groups in total. The molecule has 4 nitrogen and oxygen atoms in total. The van der Waals surface area contributed by atoms with Crippen LogP contribution in [-0.2, 0) is 23.3 Å². The molecule has 3 aromatic rings. The summed E-state index contributed by atoms with van der Waals surface area (Å²) in [5, 5.41) is 0. The Hall–Kier alpha value is -1.86. The third-order valence-electron chi connectivity index (χ3n) is 6.87. The van der Waals surface area contributed by atoms with E-state index in [1.807, 2.05) is 6.07 Å². The van der Waals surface area contributed by atoms with E-state index in [0.29, 0.717) is 31.8 Å². The molecule has 218 valence electrons. The predicted molar refractivity (Wildman–Crippen MR) is 173 cm³/mol. The van der Waals surface area contributed by atoms with Crippen LogP contribution in [0.25, 0.3) is 0 Å². The molecule has 0 aliphatic carbocycles. The summed E-state index contributed by atoms with van der Waals surface area (Å²) in [6.45, 7) is 15.7. The van der Waals surface area contributed by atoms with E-state index < -0.39 is 0 Å². The highest BCUT2D eigenvalue weighted by Crippen LogP contribution is 2.36. The topological polar surface area (TPSA) is 27.7 Å². The molecule has 3 aromatic carbocycles. The summed E-state index contributed by atoms with van der Waals surface area (Å²) in [6, 6.07) is 23.1. The first-order valence-electron chi connectivity index (χ1n) is 14.0. The zero-order chi connectivity index (χ0) is 29.4. The van der Waals surface area contributed by atoms with Gasteiger partial charge in [-0.25, -0.2) is 0 Å². The summed E-state index contributed by atoms with van der Waals surface area (Å²) >= 11 is 7.05. The zero-order valence-corrected chi connectivity index (χ0v) is 28.4. The lowest BCUT2D eigenvalue weighted by molar-refractivity contribution is -0.904. The fourth-order valence-electron chi connectivity index (χ4n) is 5.12. The third kappa shape index (κ3) is 11.2. The summed E-state index contributed by atoms with van der Waals surface area (Å²) < 4.78 is 20.7. The van der Waals surface area contributed by atoms with Crippen LogP contribution >= 0.6 is 31.9 Å². The van der Waals surface area contributed by atoms with Crippen LogP contribution in [0.2, 0.25) is 0 Å². The molecule has 0 radical (unpaired) electrons. The van der Waals surface area contributed by atoms with Crippen LogP contribution in [0.15, 0.2) is 75.7 Å². The standard InChI is InChI=1S/C34H46Br2NO3/c1-33(2,3)25-34(4,5)28-11-15-29(16-12-28)39-21-20-38-19-18-37(6,7)23-26-8-13-30(14-9-26)40-24-27-10-17-31(35)32(36)22-27/h8-17,22H,18-21,23-25H2,1-7H3/q+1. The molecule has 6 heteroatoms. The van der Waals surface area contributed by atoms with Gasteiger partial charge < -0.3 is 18.7 Å². The Morgan fingerprint density at radius 1 is 0.675 bits per heavy atom. The number of benzene rings is 3. The lowest BCUT2D eigenvalue weighted by atomic mass is 9.72. The Morgan fingerprint density at radius 2 is 1.27 bits per heavy atom. The lowest BCUT2D eigenvalue weighted by Crippen LogP contribution is -2.41. The average Bonchev–Trinajstić information content (AvgIpc) is 2.86. The number of ether oxygens (including phenoxy) is 3. The molecule has 0 aliphatic rings. The second-order valence-corrected chi connectivity index (χ2v) is 14.8. The predicted octanol–water partition coefficient (Wildman–Crippen LogP) is 9.18. The maximum absolute atomic E-state index is 5.97. The molecule has 0 saturated heterocycles. The normalized spacial score (nSPS) is 12.4. The van der Waals surface area contributed by atoms with E-state index in [1.54, 1.807) is 0 Å². The zero-order valence-electron chi connectivity index (χ0n) is 25.2. The van der Waals surface area contributed by atoms with E-state index in [1.165, 1.54) is 11.1 Å². The maximum atomic E-state index is 5.97. The molecule has 0 spiro atoms. The van der Waals surface area contributed by atoms with Crippen molar-refractivity contribution in [1.82, 2.24) is 0 Å². The third-order valence-corrected chi connectivity index (χ3v) is 8.75. The first-order chi connectivity index (χ1) is 18.7. The van der Waals surface area contributed by atoms with Crippen molar-refractivity contribution in [2.45, 2.75) is 59.6 Å². The molecule has 0 fully saturated rings. The smallest absolute Gasteiger partial charge is 0.119 e. The highest BCUT2D eigenvalue weighted by atomic mass is 79.9. The number of quaternary nitrogens is 1. The maximum Gasteiger partial charge on any atom is 0.119 e. The number of nitrogens with zero attached hydrogens (tertiary/aromatic N) is 1. The van der Waals surface area contributed by atoms with Crippen molar-refractivity contribution in [3.8, 4) is 11.5 Å². The Morgan fingerprint density at radius 3 is 1.90 bits per heavy atom. The van der Waals surface area contributed by atoms with E-state index in [0.717, 1.165) is 50.0 Å². The van der Waals surface area contributed by atoms with Gasteiger partial charge in [-0.15, -0.1) is 0 Å². The Bertz CT molecular complexity index is 1200. The van der Waals surface area contributed by atoms with Gasteiger partial charge in [0.15, 0.2) is 0 Å². The number of hydrogen-bond donors (Lipinski definition) is 0. The van der Waals surface area contributed by atoms with Gasteiger partial charge in [-0.05, 0) is 109 Å². The summed E-state index contributed by atoms with van der Waals surface area (Å²) in [7, 11) is 4.47. The van der Waals surface area contributed by atoms with Gasteiger partial charge in [-0.2, -0.15) is 0 Å². The molecule has 0 bridgehead atoms. The van der Waals surface area contributed by atoms with E-state index in [-0.39, 0.29) is 5.41 Å². The van der Waals surface area contributed by atoms with Crippen molar-refractivity contribution in [1.29, 1.82) is 0 Å². The van der Waals surface area contributed by atoms with Gasteiger partial charge in [0, 0.05) is 14.5 Å². The molecule has 0 aliphatic heterocycles. The Kier molecular flexibility index (Phi) is 11.7. The number of halogens is 2. The van der Waals surface area contributed by atoms with Crippen molar-refractivity contribution >= 4 is 31.9 Å². The molecular formula is C34H46Br2NO3+. The van der Waals surface area contributed by atoms with Crippen molar-refractivity contribution < 1.29 is 18.7 Å². The molecule has 40 heavy (non-hydrogen) atoms. The second-order valence-electron chi connectivity index (χ2n) is 13.1. The summed E-state index contributed by atoms with van der Waals surface area (Å²) in [5.74, 6) is 1.77. The molecular weight excluding hydrogens is 630 g/mol. The fraction of sp³-hybridized carbons (Fsp3) is 0.471. The average molecular weight is 677 g/mol. The van der Waals surface area contributed by atoms with Crippen LogP contribution in [0.1, 0.15) is 57.7 Å². The van der Waals surface area contributed by atoms with Gasteiger partial charge in [0.1, 0.15) is 37.8 Å².